The second-order valence-corrected chi connectivity index (χ2v) is 8.71. The average Bonchev–Trinajstić information content (AvgIpc) is 2.62. The predicted molar refractivity (Wildman–Crippen MR) is 107 cm³/mol. The number of carbonyl (C=O) groups excluding carboxylic acids is 1. The standard InChI is InChI=1S/C20H21BrF2N4O2/c1-26-8-12-10-27(19(28)25-17-5-15(22)4-16(23)6-17)11-13(9-26)20(12,29)18-3-2-14(21)7-24-18/h2-7,12-13,29H,8-11H2,1H3,(H,25,28). The number of amides is 2. The summed E-state index contributed by atoms with van der Waals surface area (Å²) in [4.78, 5) is 20.9. The van der Waals surface area contributed by atoms with Gasteiger partial charge in [0.2, 0.25) is 0 Å². The largest absolute Gasteiger partial charge is 0.383 e. The lowest BCUT2D eigenvalue weighted by Crippen LogP contribution is -2.66. The van der Waals surface area contributed by atoms with E-state index in [0.717, 1.165) is 22.7 Å². The molecule has 2 aromatic rings. The molecule has 2 fully saturated rings. The van der Waals surface area contributed by atoms with E-state index in [-0.39, 0.29) is 17.5 Å². The first-order valence-corrected chi connectivity index (χ1v) is 10.1. The number of likely N-dealkylation sites (tertiary alicyclic amines) is 2. The average molecular weight is 467 g/mol. The van der Waals surface area contributed by atoms with Crippen LogP contribution < -0.4 is 5.32 Å². The number of urea groups is 1. The minimum atomic E-state index is -1.14. The first kappa shape index (κ1) is 20.2. The van der Waals surface area contributed by atoms with Gasteiger partial charge in [-0.1, -0.05) is 0 Å². The summed E-state index contributed by atoms with van der Waals surface area (Å²) >= 11 is 3.36. The van der Waals surface area contributed by atoms with Gasteiger partial charge < -0.3 is 20.2 Å². The number of piperidine rings is 2. The van der Waals surface area contributed by atoms with E-state index in [1.807, 2.05) is 13.1 Å². The molecule has 2 unspecified atom stereocenters. The number of aliphatic hydroxyl groups is 1. The molecular weight excluding hydrogens is 446 g/mol. The number of hydrogen-bond donors (Lipinski definition) is 2. The molecule has 2 N–H and O–H groups in total. The molecule has 2 aliphatic heterocycles. The van der Waals surface area contributed by atoms with E-state index in [4.69, 9.17) is 0 Å². The summed E-state index contributed by atoms with van der Waals surface area (Å²) in [6.45, 7) is 1.81. The number of nitrogens with zero attached hydrogens (tertiary/aromatic N) is 3. The van der Waals surface area contributed by atoms with Crippen LogP contribution in [0.4, 0.5) is 19.3 Å². The number of hydrogen-bond acceptors (Lipinski definition) is 4. The fraction of sp³-hybridized carbons (Fsp3) is 0.400. The maximum atomic E-state index is 13.4. The second kappa shape index (κ2) is 7.62. The number of pyridine rings is 1. The maximum Gasteiger partial charge on any atom is 0.321 e. The first-order valence-electron chi connectivity index (χ1n) is 9.30. The lowest BCUT2D eigenvalue weighted by molar-refractivity contribution is -0.155. The van der Waals surface area contributed by atoms with Gasteiger partial charge in [-0.25, -0.2) is 13.6 Å². The van der Waals surface area contributed by atoms with E-state index >= 15 is 0 Å². The third-order valence-electron chi connectivity index (χ3n) is 5.73. The molecule has 2 atom stereocenters. The molecule has 1 aromatic heterocycles. The summed E-state index contributed by atoms with van der Waals surface area (Å²) in [5, 5.41) is 14.2. The van der Waals surface area contributed by atoms with E-state index in [1.165, 1.54) is 0 Å². The SMILES string of the molecule is CN1CC2CN(C(=O)Nc3cc(F)cc(F)c3)CC(C1)C2(O)c1ccc(Br)cn1. The van der Waals surface area contributed by atoms with Gasteiger partial charge in [0.05, 0.1) is 5.69 Å². The lowest BCUT2D eigenvalue weighted by Gasteiger charge is -2.54. The summed E-state index contributed by atoms with van der Waals surface area (Å²) in [7, 11) is 1.99. The van der Waals surface area contributed by atoms with Crippen LogP contribution in [-0.4, -0.2) is 59.1 Å². The summed E-state index contributed by atoms with van der Waals surface area (Å²) in [5.41, 5.74) is -0.490. The van der Waals surface area contributed by atoms with Crippen LogP contribution in [0.2, 0.25) is 0 Å². The first-order chi connectivity index (χ1) is 13.8. The smallest absolute Gasteiger partial charge is 0.321 e. The monoisotopic (exact) mass is 466 g/mol. The van der Waals surface area contributed by atoms with Crippen molar-refractivity contribution in [2.75, 3.05) is 38.5 Å². The van der Waals surface area contributed by atoms with Gasteiger partial charge in [-0.05, 0) is 47.2 Å². The zero-order valence-electron chi connectivity index (χ0n) is 15.8. The minimum Gasteiger partial charge on any atom is -0.383 e. The highest BCUT2D eigenvalue weighted by Crippen LogP contribution is 2.44. The third kappa shape index (κ3) is 3.86. The van der Waals surface area contributed by atoms with E-state index < -0.39 is 23.3 Å². The Hall–Kier alpha value is -2.10. The fourth-order valence-corrected chi connectivity index (χ4v) is 4.70. The van der Waals surface area contributed by atoms with Crippen LogP contribution in [0.5, 0.6) is 0 Å². The number of fused-ring (bicyclic) bond motifs is 2. The van der Waals surface area contributed by atoms with Crippen molar-refractivity contribution in [3.05, 3.63) is 58.3 Å². The highest BCUT2D eigenvalue weighted by molar-refractivity contribution is 9.10. The van der Waals surface area contributed by atoms with Gasteiger partial charge in [-0.15, -0.1) is 0 Å². The van der Waals surface area contributed by atoms with Gasteiger partial charge in [0.15, 0.2) is 0 Å². The fourth-order valence-electron chi connectivity index (χ4n) is 4.46. The summed E-state index contributed by atoms with van der Waals surface area (Å²) in [6, 6.07) is 6.10. The third-order valence-corrected chi connectivity index (χ3v) is 6.20. The normalized spacial score (nSPS) is 27.0. The summed E-state index contributed by atoms with van der Waals surface area (Å²) < 4.78 is 27.7. The van der Waals surface area contributed by atoms with Crippen LogP contribution in [0, 0.1) is 23.5 Å². The number of halogens is 3. The Labute approximate surface area is 175 Å². The molecule has 1 aromatic carbocycles. The van der Waals surface area contributed by atoms with Crippen molar-refractivity contribution >= 4 is 27.6 Å². The van der Waals surface area contributed by atoms with Gasteiger partial charge in [0, 0.05) is 60.4 Å². The molecule has 154 valence electrons. The zero-order valence-corrected chi connectivity index (χ0v) is 17.4. The quantitative estimate of drug-likeness (QED) is 0.713. The van der Waals surface area contributed by atoms with E-state index in [0.29, 0.717) is 31.9 Å². The number of anilines is 1. The summed E-state index contributed by atoms with van der Waals surface area (Å²) in [6.07, 6.45) is 1.66. The van der Waals surface area contributed by atoms with Crippen LogP contribution >= 0.6 is 15.9 Å². The van der Waals surface area contributed by atoms with Crippen LogP contribution in [0.3, 0.4) is 0 Å². The molecule has 2 aliphatic rings. The van der Waals surface area contributed by atoms with Crippen LogP contribution in [0.15, 0.2) is 41.0 Å². The number of carbonyl (C=O) groups is 1. The molecule has 0 spiro atoms. The van der Waals surface area contributed by atoms with Gasteiger partial charge >= 0.3 is 6.03 Å². The van der Waals surface area contributed by atoms with Crippen LogP contribution in [0.1, 0.15) is 5.69 Å². The van der Waals surface area contributed by atoms with Crippen molar-refractivity contribution < 1.29 is 18.7 Å². The molecular formula is C20H21BrF2N4O2. The molecule has 0 aliphatic carbocycles. The molecule has 3 heterocycles. The molecule has 9 heteroatoms. The molecule has 2 bridgehead atoms. The molecule has 0 radical (unpaired) electrons. The van der Waals surface area contributed by atoms with E-state index in [9.17, 15) is 18.7 Å². The minimum absolute atomic E-state index is 0.0604. The molecule has 6 nitrogen and oxygen atoms in total. The van der Waals surface area contributed by atoms with Gasteiger partial charge in [-0.2, -0.15) is 0 Å². The van der Waals surface area contributed by atoms with E-state index in [2.05, 4.69) is 31.1 Å². The van der Waals surface area contributed by atoms with E-state index in [1.54, 1.807) is 17.2 Å². The number of nitrogens with one attached hydrogen (secondary N) is 1. The van der Waals surface area contributed by atoms with Crippen molar-refractivity contribution in [1.82, 2.24) is 14.8 Å². The Bertz CT molecular complexity index is 891. The second-order valence-electron chi connectivity index (χ2n) is 7.80. The summed E-state index contributed by atoms with van der Waals surface area (Å²) in [5.74, 6) is -2.01. The van der Waals surface area contributed by atoms with Gasteiger partial charge in [0.25, 0.3) is 0 Å². The maximum absolute atomic E-state index is 13.4. The predicted octanol–water partition coefficient (Wildman–Crippen LogP) is 3.04. The highest BCUT2D eigenvalue weighted by Gasteiger charge is 2.54. The molecule has 0 saturated carbocycles. The van der Waals surface area contributed by atoms with Crippen molar-refractivity contribution in [1.29, 1.82) is 0 Å². The molecule has 29 heavy (non-hydrogen) atoms. The Morgan fingerprint density at radius 3 is 2.34 bits per heavy atom. The van der Waals surface area contributed by atoms with Crippen LogP contribution in [0.25, 0.3) is 0 Å². The van der Waals surface area contributed by atoms with Crippen molar-refractivity contribution in [2.24, 2.45) is 11.8 Å². The van der Waals surface area contributed by atoms with Gasteiger partial charge in [-0.3, -0.25) is 4.98 Å². The Morgan fingerprint density at radius 1 is 1.17 bits per heavy atom. The lowest BCUT2D eigenvalue weighted by atomic mass is 9.68. The van der Waals surface area contributed by atoms with Gasteiger partial charge in [0.1, 0.15) is 17.2 Å². The molecule has 2 amide bonds. The Balaban J connectivity index is 1.56. The topological polar surface area (TPSA) is 68.7 Å². The zero-order chi connectivity index (χ0) is 20.8. The molecule has 4 rings (SSSR count). The van der Waals surface area contributed by atoms with Crippen molar-refractivity contribution in [3.8, 4) is 0 Å². The molecule has 2 saturated heterocycles. The number of benzene rings is 1. The number of rotatable bonds is 2. The van der Waals surface area contributed by atoms with Crippen molar-refractivity contribution in [2.45, 2.75) is 5.60 Å². The number of aromatic nitrogens is 1. The highest BCUT2D eigenvalue weighted by atomic mass is 79.9. The van der Waals surface area contributed by atoms with Crippen LogP contribution in [-0.2, 0) is 5.60 Å². The Morgan fingerprint density at radius 2 is 1.79 bits per heavy atom. The van der Waals surface area contributed by atoms with Crippen molar-refractivity contribution in [3.63, 3.8) is 0 Å². The Kier molecular flexibility index (Phi) is 5.30.